The molecule has 2 N–H and O–H groups in total. The molecule has 0 aromatic carbocycles. The first kappa shape index (κ1) is 13.7. The Labute approximate surface area is 136 Å². The summed E-state index contributed by atoms with van der Waals surface area (Å²) in [7, 11) is 0. The number of H-pyrrole nitrogens is 2. The molecular weight excluding hydrogens is 306 g/mol. The summed E-state index contributed by atoms with van der Waals surface area (Å²) in [6.45, 7) is 0. The zero-order chi connectivity index (χ0) is 16.3. The van der Waals surface area contributed by atoms with E-state index in [0.29, 0.717) is 17.2 Å². The van der Waals surface area contributed by atoms with Crippen LogP contribution in [0.5, 0.6) is 0 Å². The van der Waals surface area contributed by atoms with Gasteiger partial charge < -0.3 is 4.98 Å². The van der Waals surface area contributed by atoms with Gasteiger partial charge in [0.15, 0.2) is 5.65 Å². The molecule has 2 fully saturated rings. The van der Waals surface area contributed by atoms with Crippen LogP contribution < -0.4 is 11.2 Å². The fourth-order valence-corrected chi connectivity index (χ4v) is 3.91. The minimum atomic E-state index is -0.514. The zero-order valence-electron chi connectivity index (χ0n) is 13.0. The molecule has 0 aliphatic heterocycles. The molecule has 2 saturated carbocycles. The Bertz CT molecular complexity index is 1040. The molecule has 7 heteroatoms. The minimum absolute atomic E-state index is 0.368. The van der Waals surface area contributed by atoms with E-state index < -0.39 is 11.2 Å². The summed E-state index contributed by atoms with van der Waals surface area (Å²) in [6, 6.07) is 1.97. The van der Waals surface area contributed by atoms with Crippen molar-refractivity contribution in [2.75, 3.05) is 0 Å². The average molecular weight is 323 g/mol. The van der Waals surface area contributed by atoms with Crippen molar-refractivity contribution < 1.29 is 0 Å². The number of rotatable bonds is 3. The predicted octanol–water partition coefficient (Wildman–Crippen LogP) is 1.68. The van der Waals surface area contributed by atoms with Crippen molar-refractivity contribution in [3.05, 3.63) is 51.1 Å². The number of imidazole rings is 1. The van der Waals surface area contributed by atoms with Crippen LogP contribution in [0, 0.1) is 11.8 Å². The first-order valence-electron chi connectivity index (χ1n) is 8.37. The van der Waals surface area contributed by atoms with Gasteiger partial charge in [0.2, 0.25) is 0 Å². The van der Waals surface area contributed by atoms with Gasteiger partial charge in [-0.3, -0.25) is 9.78 Å². The number of hydrogen-bond donors (Lipinski definition) is 2. The third-order valence-electron chi connectivity index (χ3n) is 5.48. The van der Waals surface area contributed by atoms with E-state index in [9.17, 15) is 9.59 Å². The number of nitrogens with zero attached hydrogens (tertiary/aromatic N) is 3. The molecule has 2 atom stereocenters. The second-order valence-electron chi connectivity index (χ2n) is 6.86. The number of aromatic nitrogens is 5. The van der Waals surface area contributed by atoms with Crippen LogP contribution in [0.15, 0.2) is 34.2 Å². The molecule has 2 aliphatic carbocycles. The molecule has 122 valence electrons. The summed E-state index contributed by atoms with van der Waals surface area (Å²) >= 11 is 0. The van der Waals surface area contributed by atoms with Gasteiger partial charge in [-0.1, -0.05) is 19.3 Å². The second-order valence-corrected chi connectivity index (χ2v) is 6.86. The molecule has 3 heterocycles. The van der Waals surface area contributed by atoms with E-state index in [1.807, 2.05) is 6.07 Å². The van der Waals surface area contributed by atoms with Crippen molar-refractivity contribution in [3.63, 3.8) is 0 Å². The Balaban J connectivity index is 1.63. The maximum Gasteiger partial charge on any atom is 0.325 e. The first-order chi connectivity index (χ1) is 11.7. The highest BCUT2D eigenvalue weighted by atomic mass is 16.2. The monoisotopic (exact) mass is 323 g/mol. The quantitative estimate of drug-likeness (QED) is 0.766. The predicted molar refractivity (Wildman–Crippen MR) is 87.9 cm³/mol. The van der Waals surface area contributed by atoms with Gasteiger partial charge in [0.05, 0.1) is 11.3 Å². The smallest absolute Gasteiger partial charge is 0.313 e. The summed E-state index contributed by atoms with van der Waals surface area (Å²) in [5.74, 6) is 2.09. The van der Waals surface area contributed by atoms with E-state index in [2.05, 4.69) is 20.1 Å². The third kappa shape index (κ3) is 2.04. The summed E-state index contributed by atoms with van der Waals surface area (Å²) < 4.78 is 1.73. The Morgan fingerprint density at radius 3 is 2.88 bits per heavy atom. The van der Waals surface area contributed by atoms with E-state index in [-0.39, 0.29) is 0 Å². The van der Waals surface area contributed by atoms with E-state index in [1.165, 1.54) is 31.9 Å². The highest BCUT2D eigenvalue weighted by Crippen LogP contribution is 2.57. The Kier molecular flexibility index (Phi) is 2.80. The van der Waals surface area contributed by atoms with Gasteiger partial charge in [-0.25, -0.2) is 14.3 Å². The molecular formula is C17H17N5O2. The van der Waals surface area contributed by atoms with Crippen LogP contribution in [0.3, 0.4) is 0 Å². The molecule has 5 rings (SSSR count). The van der Waals surface area contributed by atoms with Gasteiger partial charge in [-0.2, -0.15) is 5.10 Å². The molecule has 0 radical (unpaired) electrons. The van der Waals surface area contributed by atoms with Gasteiger partial charge in [0, 0.05) is 24.2 Å². The fourth-order valence-electron chi connectivity index (χ4n) is 3.91. The lowest BCUT2D eigenvalue weighted by molar-refractivity contribution is 0.273. The largest absolute Gasteiger partial charge is 0.325 e. The highest BCUT2D eigenvalue weighted by Gasteiger charge is 2.46. The van der Waals surface area contributed by atoms with Crippen molar-refractivity contribution in [2.24, 2.45) is 11.8 Å². The second kappa shape index (κ2) is 4.90. The summed E-state index contributed by atoms with van der Waals surface area (Å²) in [5, 5.41) is 4.48. The summed E-state index contributed by atoms with van der Waals surface area (Å²) in [5.41, 5.74) is 2.02. The normalized spacial score (nSPS) is 23.3. The van der Waals surface area contributed by atoms with Gasteiger partial charge in [0.1, 0.15) is 0 Å². The molecule has 3 aromatic rings. The number of fused-ring (bicyclic) bond motifs is 1. The van der Waals surface area contributed by atoms with Crippen molar-refractivity contribution in [2.45, 2.75) is 31.6 Å². The average Bonchev–Trinajstić information content (AvgIpc) is 3.11. The maximum absolute atomic E-state index is 12.1. The molecule has 24 heavy (non-hydrogen) atoms. The zero-order valence-corrected chi connectivity index (χ0v) is 13.0. The SMILES string of the molecule is O=c1[nH]cc(-c2cc([C@@H]3C[C@H]3C3CCC3)c3nccn3n2)c(=O)[nH]1. The van der Waals surface area contributed by atoms with Crippen molar-refractivity contribution in [1.29, 1.82) is 0 Å². The Morgan fingerprint density at radius 2 is 2.12 bits per heavy atom. The van der Waals surface area contributed by atoms with Crippen molar-refractivity contribution >= 4 is 5.65 Å². The van der Waals surface area contributed by atoms with Gasteiger partial charge in [0.25, 0.3) is 5.56 Å². The molecule has 0 unspecified atom stereocenters. The van der Waals surface area contributed by atoms with Crippen LogP contribution in [-0.2, 0) is 0 Å². The highest BCUT2D eigenvalue weighted by molar-refractivity contribution is 5.63. The van der Waals surface area contributed by atoms with E-state index in [1.54, 1.807) is 16.9 Å². The lowest BCUT2D eigenvalue weighted by atomic mass is 9.80. The number of hydrogen-bond acceptors (Lipinski definition) is 4. The van der Waals surface area contributed by atoms with Crippen LogP contribution in [0.1, 0.15) is 37.2 Å². The molecule has 7 nitrogen and oxygen atoms in total. The molecule has 2 aliphatic rings. The molecule has 0 spiro atoms. The van der Waals surface area contributed by atoms with E-state index >= 15 is 0 Å². The van der Waals surface area contributed by atoms with Crippen LogP contribution >= 0.6 is 0 Å². The first-order valence-corrected chi connectivity index (χ1v) is 8.37. The van der Waals surface area contributed by atoms with E-state index in [4.69, 9.17) is 0 Å². The van der Waals surface area contributed by atoms with Gasteiger partial charge in [-0.15, -0.1) is 0 Å². The molecule has 0 bridgehead atoms. The van der Waals surface area contributed by atoms with Crippen LogP contribution in [-0.4, -0.2) is 24.6 Å². The lowest BCUT2D eigenvalue weighted by Crippen LogP contribution is -2.23. The van der Waals surface area contributed by atoms with Crippen molar-refractivity contribution in [1.82, 2.24) is 24.6 Å². The fraction of sp³-hybridized carbons (Fsp3) is 0.412. The summed E-state index contributed by atoms with van der Waals surface area (Å²) in [4.78, 5) is 32.6. The topological polar surface area (TPSA) is 95.9 Å². The van der Waals surface area contributed by atoms with Crippen LogP contribution in [0.4, 0.5) is 0 Å². The van der Waals surface area contributed by atoms with Crippen LogP contribution in [0.2, 0.25) is 0 Å². The molecule has 0 amide bonds. The Morgan fingerprint density at radius 1 is 1.25 bits per heavy atom. The number of nitrogens with one attached hydrogen (secondary N) is 2. The van der Waals surface area contributed by atoms with E-state index in [0.717, 1.165) is 23.0 Å². The van der Waals surface area contributed by atoms with Gasteiger partial charge >= 0.3 is 5.69 Å². The molecule has 0 saturated heterocycles. The Hall–Kier alpha value is -2.70. The molecule has 3 aromatic heterocycles. The van der Waals surface area contributed by atoms with Gasteiger partial charge in [-0.05, 0) is 30.2 Å². The third-order valence-corrected chi connectivity index (χ3v) is 5.48. The standard InChI is InChI=1S/C17H17N5O2/c23-16-13(8-19-17(24)20-16)14-7-12(15-18-4-5-22(15)21-14)11-6-10(11)9-2-1-3-9/h4-5,7-11H,1-3,6H2,(H2,19,20,23,24)/t10-,11+/m0/s1. The maximum atomic E-state index is 12.1. The number of aromatic amines is 2. The lowest BCUT2D eigenvalue weighted by Gasteiger charge is -2.25. The minimum Gasteiger partial charge on any atom is -0.313 e. The van der Waals surface area contributed by atoms with Crippen molar-refractivity contribution in [3.8, 4) is 11.3 Å². The van der Waals surface area contributed by atoms with Crippen LogP contribution in [0.25, 0.3) is 16.9 Å². The summed E-state index contributed by atoms with van der Waals surface area (Å²) in [6.07, 6.45) is 10.2.